The van der Waals surface area contributed by atoms with Crippen molar-refractivity contribution in [3.63, 3.8) is 0 Å². The number of aromatic nitrogens is 1. The van der Waals surface area contributed by atoms with Crippen molar-refractivity contribution >= 4 is 6.21 Å². The average molecular weight is 124 g/mol. The maximum Gasteiger partial charge on any atom is 0.0494 e. The van der Waals surface area contributed by atoms with Gasteiger partial charge in [-0.2, -0.15) is 0 Å². The molecule has 1 rings (SSSR count). The molecule has 0 aliphatic heterocycles. The van der Waals surface area contributed by atoms with E-state index in [-0.39, 0.29) is 0 Å². The van der Waals surface area contributed by atoms with E-state index in [2.05, 4.69) is 10.1 Å². The van der Waals surface area contributed by atoms with Gasteiger partial charge in [0.2, 0.25) is 0 Å². The Balaban J connectivity index is 2.48. The average Bonchev–Trinajstić information content (AvgIpc) is 2.34. The number of nitrogens with zero attached hydrogens (tertiary/aromatic N) is 1. The van der Waals surface area contributed by atoms with Crippen LogP contribution in [-0.2, 0) is 6.42 Å². The van der Waals surface area contributed by atoms with Gasteiger partial charge >= 0.3 is 0 Å². The molecule has 1 aromatic rings. The summed E-state index contributed by atoms with van der Waals surface area (Å²) in [5, 5.41) is 10.9. The second-order valence-electron chi connectivity index (χ2n) is 1.70. The summed E-state index contributed by atoms with van der Waals surface area (Å²) in [6, 6.07) is 3.84. The van der Waals surface area contributed by atoms with Crippen LogP contribution in [0.15, 0.2) is 23.5 Å². The van der Waals surface area contributed by atoms with E-state index in [9.17, 15) is 0 Å². The number of H-pyrrole nitrogens is 1. The van der Waals surface area contributed by atoms with E-state index < -0.39 is 0 Å². The van der Waals surface area contributed by atoms with Gasteiger partial charge in [0.1, 0.15) is 0 Å². The SMILES string of the molecule is ON=CCc1ccc[nH]1. The molecule has 0 saturated carbocycles. The van der Waals surface area contributed by atoms with Gasteiger partial charge in [0, 0.05) is 24.5 Å². The van der Waals surface area contributed by atoms with Crippen molar-refractivity contribution in [2.75, 3.05) is 0 Å². The van der Waals surface area contributed by atoms with Gasteiger partial charge in [-0.15, -0.1) is 5.16 Å². The fourth-order valence-corrected chi connectivity index (χ4v) is 0.634. The van der Waals surface area contributed by atoms with Gasteiger partial charge in [-0.05, 0) is 12.1 Å². The van der Waals surface area contributed by atoms with Crippen molar-refractivity contribution in [1.82, 2.24) is 4.98 Å². The van der Waals surface area contributed by atoms with Crippen molar-refractivity contribution in [2.45, 2.75) is 6.42 Å². The summed E-state index contributed by atoms with van der Waals surface area (Å²) in [5.41, 5.74) is 1.05. The second-order valence-corrected chi connectivity index (χ2v) is 1.70. The number of nitrogens with one attached hydrogen (secondary N) is 1. The molecule has 3 nitrogen and oxygen atoms in total. The molecule has 0 spiro atoms. The molecule has 48 valence electrons. The lowest BCUT2D eigenvalue weighted by molar-refractivity contribution is 0.320. The summed E-state index contributed by atoms with van der Waals surface area (Å²) in [6.07, 6.45) is 3.93. The van der Waals surface area contributed by atoms with Crippen LogP contribution in [0.2, 0.25) is 0 Å². The van der Waals surface area contributed by atoms with Crippen molar-refractivity contribution in [2.24, 2.45) is 5.16 Å². The Morgan fingerprint density at radius 1 is 1.78 bits per heavy atom. The molecular formula is C6H8N2O. The van der Waals surface area contributed by atoms with Gasteiger partial charge in [-0.25, -0.2) is 0 Å². The number of rotatable bonds is 2. The molecule has 9 heavy (non-hydrogen) atoms. The molecule has 0 unspecified atom stereocenters. The van der Waals surface area contributed by atoms with Gasteiger partial charge in [0.15, 0.2) is 0 Å². The molecule has 2 N–H and O–H groups in total. The number of hydrogen-bond donors (Lipinski definition) is 2. The van der Waals surface area contributed by atoms with Gasteiger partial charge < -0.3 is 10.2 Å². The Kier molecular flexibility index (Phi) is 1.90. The second kappa shape index (κ2) is 2.91. The summed E-state index contributed by atoms with van der Waals surface area (Å²) >= 11 is 0. The number of oxime groups is 1. The lowest BCUT2D eigenvalue weighted by Gasteiger charge is -1.83. The van der Waals surface area contributed by atoms with Crippen LogP contribution in [0.4, 0.5) is 0 Å². The first kappa shape index (κ1) is 5.88. The molecule has 1 aromatic heterocycles. The highest BCUT2D eigenvalue weighted by atomic mass is 16.4. The lowest BCUT2D eigenvalue weighted by atomic mass is 10.3. The van der Waals surface area contributed by atoms with Crippen LogP contribution < -0.4 is 0 Å². The summed E-state index contributed by atoms with van der Waals surface area (Å²) < 4.78 is 0. The summed E-state index contributed by atoms with van der Waals surface area (Å²) in [5.74, 6) is 0. The minimum Gasteiger partial charge on any atom is -0.411 e. The number of aromatic amines is 1. The standard InChI is InChI=1S/C6H8N2O/c9-8-5-3-6-2-1-4-7-6/h1-2,4-5,7,9H,3H2. The summed E-state index contributed by atoms with van der Waals surface area (Å²) in [4.78, 5) is 2.97. The molecule has 0 aliphatic rings. The summed E-state index contributed by atoms with van der Waals surface area (Å²) in [6.45, 7) is 0. The zero-order chi connectivity index (χ0) is 6.53. The molecule has 1 heterocycles. The van der Waals surface area contributed by atoms with E-state index in [0.717, 1.165) is 5.69 Å². The van der Waals surface area contributed by atoms with Crippen LogP contribution in [0.1, 0.15) is 5.69 Å². The normalized spacial score (nSPS) is 10.7. The molecule has 0 bridgehead atoms. The van der Waals surface area contributed by atoms with Crippen molar-refractivity contribution in [3.05, 3.63) is 24.0 Å². The van der Waals surface area contributed by atoms with E-state index in [4.69, 9.17) is 5.21 Å². The Morgan fingerprint density at radius 2 is 2.67 bits per heavy atom. The quantitative estimate of drug-likeness (QED) is 0.345. The number of hydrogen-bond acceptors (Lipinski definition) is 2. The Hall–Kier alpha value is -1.25. The minimum atomic E-state index is 0.656. The predicted molar refractivity (Wildman–Crippen MR) is 34.8 cm³/mol. The van der Waals surface area contributed by atoms with E-state index in [1.807, 2.05) is 18.3 Å². The van der Waals surface area contributed by atoms with Gasteiger partial charge in [0.25, 0.3) is 0 Å². The smallest absolute Gasteiger partial charge is 0.0494 e. The fourth-order valence-electron chi connectivity index (χ4n) is 0.634. The van der Waals surface area contributed by atoms with Gasteiger partial charge in [-0.1, -0.05) is 0 Å². The lowest BCUT2D eigenvalue weighted by Crippen LogP contribution is -1.83. The van der Waals surface area contributed by atoms with Crippen molar-refractivity contribution in [1.29, 1.82) is 0 Å². The molecule has 0 aromatic carbocycles. The first-order valence-electron chi connectivity index (χ1n) is 2.71. The third-order valence-electron chi connectivity index (χ3n) is 1.06. The fraction of sp³-hybridized carbons (Fsp3) is 0.167. The first-order chi connectivity index (χ1) is 4.43. The topological polar surface area (TPSA) is 48.4 Å². The highest BCUT2D eigenvalue weighted by molar-refractivity contribution is 5.59. The van der Waals surface area contributed by atoms with Crippen molar-refractivity contribution < 1.29 is 5.21 Å². The third kappa shape index (κ3) is 1.60. The predicted octanol–water partition coefficient (Wildman–Crippen LogP) is 1.02. The zero-order valence-corrected chi connectivity index (χ0v) is 4.91. The zero-order valence-electron chi connectivity index (χ0n) is 4.91. The Morgan fingerprint density at radius 3 is 3.22 bits per heavy atom. The van der Waals surface area contributed by atoms with Crippen molar-refractivity contribution in [3.8, 4) is 0 Å². The van der Waals surface area contributed by atoms with Crippen LogP contribution in [0.5, 0.6) is 0 Å². The van der Waals surface area contributed by atoms with E-state index in [1.54, 1.807) is 0 Å². The highest BCUT2D eigenvalue weighted by Gasteiger charge is 1.85. The molecule has 0 amide bonds. The molecule has 0 saturated heterocycles. The van der Waals surface area contributed by atoms with Crippen LogP contribution in [0, 0.1) is 0 Å². The highest BCUT2D eigenvalue weighted by Crippen LogP contribution is 1.92. The molecule has 0 fully saturated rings. The molecule has 0 atom stereocenters. The minimum absolute atomic E-state index is 0.656. The monoisotopic (exact) mass is 124 g/mol. The Labute approximate surface area is 53.0 Å². The van der Waals surface area contributed by atoms with Crippen LogP contribution in [0.3, 0.4) is 0 Å². The van der Waals surface area contributed by atoms with Gasteiger partial charge in [-0.3, -0.25) is 0 Å². The van der Waals surface area contributed by atoms with E-state index in [1.165, 1.54) is 6.21 Å². The molecule has 0 radical (unpaired) electrons. The van der Waals surface area contributed by atoms with E-state index in [0.29, 0.717) is 6.42 Å². The molecule has 0 aliphatic carbocycles. The van der Waals surface area contributed by atoms with Crippen LogP contribution in [0.25, 0.3) is 0 Å². The Bertz CT molecular complexity index is 179. The third-order valence-corrected chi connectivity index (χ3v) is 1.06. The van der Waals surface area contributed by atoms with Crippen LogP contribution >= 0.6 is 0 Å². The summed E-state index contributed by atoms with van der Waals surface area (Å²) in [7, 11) is 0. The molecular weight excluding hydrogens is 116 g/mol. The maximum absolute atomic E-state index is 8.02. The van der Waals surface area contributed by atoms with E-state index >= 15 is 0 Å². The van der Waals surface area contributed by atoms with Gasteiger partial charge in [0.05, 0.1) is 0 Å². The van der Waals surface area contributed by atoms with Crippen LogP contribution in [-0.4, -0.2) is 16.4 Å². The first-order valence-corrected chi connectivity index (χ1v) is 2.71. The largest absolute Gasteiger partial charge is 0.411 e. The maximum atomic E-state index is 8.02. The molecule has 3 heteroatoms.